The van der Waals surface area contributed by atoms with Crippen molar-refractivity contribution >= 4 is 5.91 Å². The van der Waals surface area contributed by atoms with E-state index in [4.69, 9.17) is 4.74 Å². The highest BCUT2D eigenvalue weighted by Crippen LogP contribution is 2.34. The van der Waals surface area contributed by atoms with Crippen LogP contribution in [0.1, 0.15) is 37.3 Å². The molecule has 0 aliphatic carbocycles. The van der Waals surface area contributed by atoms with Crippen LogP contribution in [0.15, 0.2) is 36.7 Å². The van der Waals surface area contributed by atoms with Crippen molar-refractivity contribution in [2.75, 3.05) is 19.7 Å². The van der Waals surface area contributed by atoms with Crippen molar-refractivity contribution in [3.05, 3.63) is 48.0 Å². The maximum Gasteiger partial charge on any atom is 0.248 e. The molecule has 2 N–H and O–H groups in total. The van der Waals surface area contributed by atoms with Crippen LogP contribution in [0.3, 0.4) is 0 Å². The van der Waals surface area contributed by atoms with E-state index < -0.39 is 5.54 Å². The first-order valence-corrected chi connectivity index (χ1v) is 9.13. The lowest BCUT2D eigenvalue weighted by molar-refractivity contribution is -0.132. The highest BCUT2D eigenvalue weighted by atomic mass is 19.1. The van der Waals surface area contributed by atoms with Gasteiger partial charge in [0, 0.05) is 18.0 Å². The van der Waals surface area contributed by atoms with Gasteiger partial charge in [0.2, 0.25) is 5.91 Å². The maximum absolute atomic E-state index is 13.8. The van der Waals surface area contributed by atoms with Gasteiger partial charge in [0.05, 0.1) is 12.6 Å². The predicted octanol–water partition coefficient (Wildman–Crippen LogP) is 2.13. The van der Waals surface area contributed by atoms with Crippen molar-refractivity contribution in [3.63, 3.8) is 0 Å². The number of aromatic nitrogens is 2. The van der Waals surface area contributed by atoms with Gasteiger partial charge in [0.15, 0.2) is 0 Å². The largest absolute Gasteiger partial charge is 0.493 e. The number of carbonyl (C=O) groups excluding carboxylic acids is 1. The van der Waals surface area contributed by atoms with Crippen LogP contribution in [0.2, 0.25) is 0 Å². The molecule has 1 fully saturated rings. The molecule has 7 heteroatoms. The van der Waals surface area contributed by atoms with E-state index in [0.29, 0.717) is 30.8 Å². The topological polar surface area (TPSA) is 68.2 Å². The Morgan fingerprint density at radius 1 is 1.38 bits per heavy atom. The van der Waals surface area contributed by atoms with E-state index in [-0.39, 0.29) is 17.8 Å². The average molecular weight is 358 g/mol. The van der Waals surface area contributed by atoms with Crippen LogP contribution in [0.5, 0.6) is 5.75 Å². The molecule has 1 unspecified atom stereocenters. The first kappa shape index (κ1) is 17.0. The zero-order chi connectivity index (χ0) is 18.0. The van der Waals surface area contributed by atoms with Crippen molar-refractivity contribution < 1.29 is 13.9 Å². The van der Waals surface area contributed by atoms with Crippen molar-refractivity contribution in [1.82, 2.24) is 20.4 Å². The molecule has 2 aromatic rings. The van der Waals surface area contributed by atoms with Crippen molar-refractivity contribution in [3.8, 4) is 5.75 Å². The summed E-state index contributed by atoms with van der Waals surface area (Å²) in [5.74, 6) is 0.259. The van der Waals surface area contributed by atoms with Crippen LogP contribution >= 0.6 is 0 Å². The molecule has 1 amide bonds. The molecular weight excluding hydrogens is 335 g/mol. The summed E-state index contributed by atoms with van der Waals surface area (Å²) >= 11 is 0. The Balaban J connectivity index is 1.63. The van der Waals surface area contributed by atoms with Gasteiger partial charge >= 0.3 is 0 Å². The number of hydrogen-bond acceptors (Lipinski definition) is 4. The summed E-state index contributed by atoms with van der Waals surface area (Å²) in [4.78, 5) is 13.4. The second-order valence-electron chi connectivity index (χ2n) is 6.93. The van der Waals surface area contributed by atoms with Crippen LogP contribution in [0, 0.1) is 5.82 Å². The maximum atomic E-state index is 13.8. The second kappa shape index (κ2) is 7.07. The van der Waals surface area contributed by atoms with Gasteiger partial charge in [-0.3, -0.25) is 9.48 Å². The Labute approximate surface area is 151 Å². The molecular formula is C19H23FN4O2. The summed E-state index contributed by atoms with van der Waals surface area (Å²) in [5.41, 5.74) is -0.00419. The molecule has 3 heterocycles. The number of halogens is 1. The molecule has 1 aromatic carbocycles. The van der Waals surface area contributed by atoms with Gasteiger partial charge in [-0.05, 0) is 63.0 Å². The Hall–Kier alpha value is -2.41. The Morgan fingerprint density at radius 3 is 3.00 bits per heavy atom. The van der Waals surface area contributed by atoms with E-state index in [0.717, 1.165) is 25.9 Å². The van der Waals surface area contributed by atoms with E-state index in [1.54, 1.807) is 16.9 Å². The van der Waals surface area contributed by atoms with Crippen LogP contribution in [-0.2, 0) is 10.3 Å². The molecule has 26 heavy (non-hydrogen) atoms. The minimum atomic E-state index is -0.713. The third kappa shape index (κ3) is 3.07. The van der Waals surface area contributed by atoms with Crippen LogP contribution in [-0.4, -0.2) is 35.4 Å². The minimum Gasteiger partial charge on any atom is -0.493 e. The lowest BCUT2D eigenvalue weighted by Crippen LogP contribution is -2.55. The molecule has 2 aliphatic rings. The number of fused-ring (bicyclic) bond motifs is 1. The number of amides is 1. The highest BCUT2D eigenvalue weighted by molar-refractivity contribution is 5.85. The third-order valence-corrected chi connectivity index (χ3v) is 5.34. The van der Waals surface area contributed by atoms with Crippen molar-refractivity contribution in [1.29, 1.82) is 0 Å². The quantitative estimate of drug-likeness (QED) is 0.882. The lowest BCUT2D eigenvalue weighted by atomic mass is 9.86. The minimum absolute atomic E-state index is 0.0650. The van der Waals surface area contributed by atoms with Gasteiger partial charge in [-0.1, -0.05) is 0 Å². The number of piperidine rings is 1. The van der Waals surface area contributed by atoms with Crippen LogP contribution < -0.4 is 15.4 Å². The molecule has 2 aliphatic heterocycles. The van der Waals surface area contributed by atoms with Gasteiger partial charge in [-0.2, -0.15) is 5.10 Å². The normalized spacial score (nSPS) is 22.0. The number of hydrogen-bond donors (Lipinski definition) is 2. The molecule has 0 bridgehead atoms. The van der Waals surface area contributed by atoms with E-state index in [9.17, 15) is 9.18 Å². The number of ether oxygens (including phenoxy) is 1. The molecule has 4 rings (SSSR count). The van der Waals surface area contributed by atoms with Gasteiger partial charge in [0.25, 0.3) is 0 Å². The number of nitrogens with one attached hydrogen (secondary N) is 2. The fourth-order valence-corrected chi connectivity index (χ4v) is 3.91. The Morgan fingerprint density at radius 2 is 2.23 bits per heavy atom. The van der Waals surface area contributed by atoms with Crippen LogP contribution in [0.25, 0.3) is 0 Å². The molecule has 138 valence electrons. The van der Waals surface area contributed by atoms with Crippen molar-refractivity contribution in [2.24, 2.45) is 0 Å². The summed E-state index contributed by atoms with van der Waals surface area (Å²) in [7, 11) is 0. The monoisotopic (exact) mass is 358 g/mol. The summed E-state index contributed by atoms with van der Waals surface area (Å²) in [6.07, 6.45) is 6.39. The van der Waals surface area contributed by atoms with Gasteiger partial charge < -0.3 is 15.4 Å². The lowest BCUT2D eigenvalue weighted by Gasteiger charge is -2.37. The number of benzene rings is 1. The Kier molecular flexibility index (Phi) is 4.63. The smallest absolute Gasteiger partial charge is 0.248 e. The number of carbonyl (C=O) groups is 1. The highest BCUT2D eigenvalue weighted by Gasteiger charge is 2.43. The third-order valence-electron chi connectivity index (χ3n) is 5.34. The zero-order valence-electron chi connectivity index (χ0n) is 14.6. The first-order valence-electron chi connectivity index (χ1n) is 9.13. The summed E-state index contributed by atoms with van der Waals surface area (Å²) in [6, 6.07) is 6.07. The van der Waals surface area contributed by atoms with Gasteiger partial charge in [0.1, 0.15) is 17.1 Å². The molecule has 1 atom stereocenters. The molecule has 0 radical (unpaired) electrons. The van der Waals surface area contributed by atoms with Crippen LogP contribution in [0.4, 0.5) is 4.39 Å². The number of nitrogens with zero attached hydrogens (tertiary/aromatic N) is 2. The van der Waals surface area contributed by atoms with Gasteiger partial charge in [-0.15, -0.1) is 0 Å². The van der Waals surface area contributed by atoms with Crippen molar-refractivity contribution in [2.45, 2.75) is 37.3 Å². The second-order valence-corrected chi connectivity index (χ2v) is 6.93. The summed E-state index contributed by atoms with van der Waals surface area (Å²) < 4.78 is 21.3. The standard InChI is InChI=1S/C19H23FN4O2/c20-14-4-5-17-15(13-14)16(3-1-12-26-17)23-18(25)19(6-9-21-10-7-19)24-11-2-8-22-24/h2,4-5,8,11,13,16,21H,1,3,6-7,9-10,12H2,(H,23,25). The SMILES string of the molecule is O=C(NC1CCCOc2ccc(F)cc21)C1(n2cccn2)CCNCC1. The van der Waals surface area contributed by atoms with E-state index >= 15 is 0 Å². The molecule has 6 nitrogen and oxygen atoms in total. The molecule has 0 spiro atoms. The fraction of sp³-hybridized carbons (Fsp3) is 0.474. The van der Waals surface area contributed by atoms with E-state index in [2.05, 4.69) is 15.7 Å². The number of rotatable bonds is 3. The van der Waals surface area contributed by atoms with E-state index in [1.807, 2.05) is 12.3 Å². The van der Waals surface area contributed by atoms with Gasteiger partial charge in [-0.25, -0.2) is 4.39 Å². The first-order chi connectivity index (χ1) is 12.7. The average Bonchev–Trinajstić information content (AvgIpc) is 3.14. The molecule has 1 aromatic heterocycles. The van der Waals surface area contributed by atoms with E-state index in [1.165, 1.54) is 12.1 Å². The summed E-state index contributed by atoms with van der Waals surface area (Å²) in [6.45, 7) is 2.08. The molecule has 0 saturated carbocycles. The fourth-order valence-electron chi connectivity index (χ4n) is 3.91. The Bertz CT molecular complexity index is 772. The summed E-state index contributed by atoms with van der Waals surface area (Å²) in [5, 5.41) is 10.8. The molecule has 1 saturated heterocycles. The predicted molar refractivity (Wildman–Crippen MR) is 94.3 cm³/mol. The zero-order valence-corrected chi connectivity index (χ0v) is 14.6.